The van der Waals surface area contributed by atoms with Crippen molar-refractivity contribution >= 4 is 17.7 Å². The predicted octanol–water partition coefficient (Wildman–Crippen LogP) is 5.61. The molecule has 2 bridgehead atoms. The van der Waals surface area contributed by atoms with Crippen molar-refractivity contribution in [2.24, 2.45) is 23.7 Å². The summed E-state index contributed by atoms with van der Waals surface area (Å²) >= 11 is 0. The molecule has 0 saturated carbocycles. The van der Waals surface area contributed by atoms with Crippen LogP contribution in [0.15, 0.2) is 30.3 Å². The fraction of sp³-hybridized carbons (Fsp3) is 0.750. The number of carbonyl (C=O) groups is 3. The Bertz CT molecular complexity index is 1100. The van der Waals surface area contributed by atoms with E-state index in [4.69, 9.17) is 9.47 Å². The van der Waals surface area contributed by atoms with Crippen LogP contribution >= 0.6 is 0 Å². The number of amides is 1. The number of hydrogen-bond acceptors (Lipinski definition) is 7. The minimum Gasteiger partial charge on any atom is -0.461 e. The molecular formula is C36H55NO7. The zero-order chi connectivity index (χ0) is 31.9. The van der Waals surface area contributed by atoms with E-state index in [0.717, 1.165) is 57.8 Å². The fourth-order valence-corrected chi connectivity index (χ4v) is 7.50. The monoisotopic (exact) mass is 613 g/mol. The number of nitrogens with zero attached hydrogens (tertiary/aromatic N) is 1. The Balaban J connectivity index is 1.66. The minimum absolute atomic E-state index is 0.00294. The van der Waals surface area contributed by atoms with Crippen molar-refractivity contribution < 1.29 is 34.1 Å². The standard InChI is InChI=1S/C36H55NO7/c1-5-28(23-27-16-10-8-11-17-27)31-19-12-7-6-9-15-24(2)32(38)26(4)30-21-20-25(3)33(39)36(42,44-30)35(41)37-22-14-13-18-29(37)34(40)43-31/h8,10-11,16-17,24-26,28-32,38,42H,5-7,9,12-15,18-23H2,1-4H3/t24-,25?,26+,28-,29+,30+,31+,32+,36?/m1/s1. The second-order valence-electron chi connectivity index (χ2n) is 13.8. The molecule has 246 valence electrons. The normalized spacial score (nSPS) is 35.9. The first-order valence-corrected chi connectivity index (χ1v) is 17.2. The molecule has 0 aliphatic carbocycles. The summed E-state index contributed by atoms with van der Waals surface area (Å²) in [6.45, 7) is 7.97. The lowest BCUT2D eigenvalue weighted by atomic mass is 9.84. The van der Waals surface area contributed by atoms with Crippen molar-refractivity contribution in [2.75, 3.05) is 6.54 Å². The van der Waals surface area contributed by atoms with Gasteiger partial charge in [0, 0.05) is 18.4 Å². The average molecular weight is 614 g/mol. The summed E-state index contributed by atoms with van der Waals surface area (Å²) in [5.41, 5.74) is 1.20. The zero-order valence-corrected chi connectivity index (χ0v) is 27.3. The van der Waals surface area contributed by atoms with Gasteiger partial charge in [-0.05, 0) is 81.6 Å². The van der Waals surface area contributed by atoms with Crippen LogP contribution in [-0.4, -0.2) is 69.5 Å². The number of cyclic esters (lactones) is 1. The molecule has 0 spiro atoms. The Morgan fingerprint density at radius 2 is 1.59 bits per heavy atom. The van der Waals surface area contributed by atoms with E-state index < -0.39 is 47.6 Å². The lowest BCUT2D eigenvalue weighted by molar-refractivity contribution is -0.237. The molecule has 8 heteroatoms. The zero-order valence-electron chi connectivity index (χ0n) is 27.3. The molecule has 1 aromatic rings. The van der Waals surface area contributed by atoms with Gasteiger partial charge in [-0.15, -0.1) is 0 Å². The van der Waals surface area contributed by atoms with E-state index in [1.54, 1.807) is 6.92 Å². The molecule has 3 heterocycles. The third kappa shape index (κ3) is 8.10. The van der Waals surface area contributed by atoms with Crippen LogP contribution in [-0.2, 0) is 30.3 Å². The van der Waals surface area contributed by atoms with Gasteiger partial charge in [-0.2, -0.15) is 0 Å². The maximum Gasteiger partial charge on any atom is 0.329 e. The Labute approximate surface area is 263 Å². The highest BCUT2D eigenvalue weighted by atomic mass is 16.6. The Morgan fingerprint density at radius 3 is 2.30 bits per heavy atom. The molecule has 3 saturated heterocycles. The third-order valence-corrected chi connectivity index (χ3v) is 10.6. The van der Waals surface area contributed by atoms with Crippen molar-refractivity contribution in [2.45, 2.75) is 141 Å². The summed E-state index contributed by atoms with van der Waals surface area (Å²) in [6, 6.07) is 9.34. The molecular weight excluding hydrogens is 558 g/mol. The van der Waals surface area contributed by atoms with Gasteiger partial charge in [-0.1, -0.05) is 77.3 Å². The summed E-state index contributed by atoms with van der Waals surface area (Å²) in [6.07, 6.45) is 8.13. The number of Topliss-reactive ketones (excluding diaryl/α,β-unsaturated/α-hetero) is 1. The molecule has 3 aliphatic rings. The maximum atomic E-state index is 14.2. The van der Waals surface area contributed by atoms with E-state index in [-0.39, 0.29) is 30.4 Å². The number of aliphatic hydroxyl groups excluding tert-OH is 1. The van der Waals surface area contributed by atoms with Gasteiger partial charge in [0.2, 0.25) is 5.78 Å². The van der Waals surface area contributed by atoms with E-state index >= 15 is 0 Å². The molecule has 8 nitrogen and oxygen atoms in total. The number of aliphatic hydroxyl groups is 2. The summed E-state index contributed by atoms with van der Waals surface area (Å²) in [5, 5.41) is 23.1. The Kier molecular flexibility index (Phi) is 12.4. The molecule has 9 atom stereocenters. The van der Waals surface area contributed by atoms with E-state index in [9.17, 15) is 24.6 Å². The SMILES string of the molecule is CC[C@H](Cc1ccccc1)[C@@H]1CCCCCC[C@@H](C)[C@H](O)[C@@H](C)[C@@H]2CCC(C)C(=O)C(O)(O2)C(=O)N2CCCC[C@H]2C(=O)O1. The van der Waals surface area contributed by atoms with Gasteiger partial charge in [-0.3, -0.25) is 9.59 Å². The first-order chi connectivity index (χ1) is 21.1. The van der Waals surface area contributed by atoms with E-state index in [0.29, 0.717) is 25.7 Å². The Morgan fingerprint density at radius 1 is 0.909 bits per heavy atom. The third-order valence-electron chi connectivity index (χ3n) is 10.6. The van der Waals surface area contributed by atoms with Gasteiger partial charge in [-0.25, -0.2) is 4.79 Å². The van der Waals surface area contributed by atoms with Gasteiger partial charge >= 0.3 is 11.8 Å². The number of benzene rings is 1. The van der Waals surface area contributed by atoms with Crippen LogP contribution in [0.3, 0.4) is 0 Å². The largest absolute Gasteiger partial charge is 0.461 e. The highest BCUT2D eigenvalue weighted by Crippen LogP contribution is 2.36. The number of rotatable bonds is 4. The number of esters is 1. The van der Waals surface area contributed by atoms with E-state index in [2.05, 4.69) is 19.1 Å². The quantitative estimate of drug-likeness (QED) is 0.335. The average Bonchev–Trinajstić information content (AvgIpc) is 3.15. The number of carbonyl (C=O) groups excluding carboxylic acids is 3. The number of ether oxygens (including phenoxy) is 2. The summed E-state index contributed by atoms with van der Waals surface area (Å²) in [5.74, 6) is -5.62. The van der Waals surface area contributed by atoms with Crippen molar-refractivity contribution in [3.8, 4) is 0 Å². The smallest absolute Gasteiger partial charge is 0.329 e. The second-order valence-corrected chi connectivity index (χ2v) is 13.8. The van der Waals surface area contributed by atoms with Crippen molar-refractivity contribution in [3.05, 3.63) is 35.9 Å². The van der Waals surface area contributed by atoms with Gasteiger partial charge in [0.15, 0.2) is 0 Å². The van der Waals surface area contributed by atoms with Crippen LogP contribution in [0.25, 0.3) is 0 Å². The lowest BCUT2D eigenvalue weighted by Gasteiger charge is -2.41. The summed E-state index contributed by atoms with van der Waals surface area (Å²) < 4.78 is 12.4. The molecule has 2 N–H and O–H groups in total. The fourth-order valence-electron chi connectivity index (χ4n) is 7.50. The van der Waals surface area contributed by atoms with Crippen molar-refractivity contribution in [3.63, 3.8) is 0 Å². The Hall–Kier alpha value is -2.29. The predicted molar refractivity (Wildman–Crippen MR) is 168 cm³/mol. The van der Waals surface area contributed by atoms with E-state index in [1.807, 2.05) is 32.0 Å². The van der Waals surface area contributed by atoms with Crippen LogP contribution in [0, 0.1) is 23.7 Å². The van der Waals surface area contributed by atoms with Gasteiger partial charge in [0.1, 0.15) is 12.1 Å². The van der Waals surface area contributed by atoms with Crippen LogP contribution < -0.4 is 0 Å². The molecule has 44 heavy (non-hydrogen) atoms. The lowest BCUT2D eigenvalue weighted by Crippen LogP contribution is -2.62. The summed E-state index contributed by atoms with van der Waals surface area (Å²) in [4.78, 5) is 43.0. The molecule has 3 aliphatic heterocycles. The first kappa shape index (κ1) is 34.6. The minimum atomic E-state index is -2.71. The highest BCUT2D eigenvalue weighted by molar-refractivity contribution is 6.09. The molecule has 0 aromatic heterocycles. The van der Waals surface area contributed by atoms with Gasteiger partial charge < -0.3 is 24.6 Å². The molecule has 0 radical (unpaired) electrons. The van der Waals surface area contributed by atoms with Crippen LogP contribution in [0.5, 0.6) is 0 Å². The highest BCUT2D eigenvalue weighted by Gasteiger charge is 2.55. The first-order valence-electron chi connectivity index (χ1n) is 17.2. The van der Waals surface area contributed by atoms with Gasteiger partial charge in [0.25, 0.3) is 5.91 Å². The van der Waals surface area contributed by atoms with Crippen LogP contribution in [0.4, 0.5) is 0 Å². The second kappa shape index (κ2) is 15.8. The molecule has 4 rings (SSSR count). The van der Waals surface area contributed by atoms with Crippen molar-refractivity contribution in [1.29, 1.82) is 0 Å². The maximum absolute atomic E-state index is 14.2. The van der Waals surface area contributed by atoms with Crippen molar-refractivity contribution in [1.82, 2.24) is 4.90 Å². The van der Waals surface area contributed by atoms with Crippen LogP contribution in [0.1, 0.15) is 110 Å². The molecule has 2 unspecified atom stereocenters. The van der Waals surface area contributed by atoms with Crippen LogP contribution in [0.2, 0.25) is 0 Å². The topological polar surface area (TPSA) is 113 Å². The number of piperidine rings is 1. The number of hydrogen-bond donors (Lipinski definition) is 2. The number of ketones is 1. The molecule has 1 aromatic carbocycles. The van der Waals surface area contributed by atoms with E-state index in [1.165, 1.54) is 10.5 Å². The van der Waals surface area contributed by atoms with Gasteiger partial charge in [0.05, 0.1) is 12.2 Å². The molecule has 3 fully saturated rings. The number of fused-ring (bicyclic) bond motifs is 3. The molecule has 1 amide bonds. The summed E-state index contributed by atoms with van der Waals surface area (Å²) in [7, 11) is 0.